The van der Waals surface area contributed by atoms with Crippen LogP contribution in [0.3, 0.4) is 0 Å². The molecule has 0 saturated carbocycles. The third-order valence-electron chi connectivity index (χ3n) is 6.91. The predicted octanol–water partition coefficient (Wildman–Crippen LogP) is 3.77. The number of cyclic esters (lactones) is 4. The lowest BCUT2D eigenvalue weighted by atomic mass is 9.88. The van der Waals surface area contributed by atoms with E-state index < -0.39 is 5.41 Å². The molecule has 4 fully saturated rings. The lowest BCUT2D eigenvalue weighted by Gasteiger charge is -2.24. The molecule has 0 atom stereocenters. The van der Waals surface area contributed by atoms with Crippen molar-refractivity contribution in [1.29, 1.82) is 0 Å². The Morgan fingerprint density at radius 1 is 0.463 bits per heavy atom. The van der Waals surface area contributed by atoms with Crippen molar-refractivity contribution in [2.45, 2.75) is 116 Å². The Morgan fingerprint density at radius 3 is 0.878 bits per heavy atom. The number of esters is 4. The maximum Gasteiger partial charge on any atom is 0.305 e. The van der Waals surface area contributed by atoms with Gasteiger partial charge >= 0.3 is 23.9 Å². The molecule has 0 aliphatic carbocycles. The largest absolute Gasteiger partial charge is 0.466 e. The van der Waals surface area contributed by atoms with Gasteiger partial charge in [0.25, 0.3) is 0 Å². The molecule has 4 rings (SSSR count). The topological polar surface area (TPSA) is 166 Å². The highest BCUT2D eigenvalue weighted by molar-refractivity contribution is 5.70. The molecular formula is C30H54O11. The van der Waals surface area contributed by atoms with Gasteiger partial charge in [-0.15, -0.1) is 0 Å². The Labute approximate surface area is 245 Å². The minimum absolute atomic E-state index is 0.0255. The van der Waals surface area contributed by atoms with Gasteiger partial charge in [0.05, 0.1) is 46.2 Å². The summed E-state index contributed by atoms with van der Waals surface area (Å²) < 4.78 is 19.1. The number of hydrogen-bond donors (Lipinski definition) is 3. The molecule has 0 amide bonds. The van der Waals surface area contributed by atoms with Crippen LogP contribution >= 0.6 is 0 Å². The van der Waals surface area contributed by atoms with E-state index in [1.807, 2.05) is 6.92 Å². The van der Waals surface area contributed by atoms with Crippen LogP contribution in [-0.4, -0.2) is 85.4 Å². The Hall–Kier alpha value is -2.24. The van der Waals surface area contributed by atoms with Crippen LogP contribution in [-0.2, 0) is 38.1 Å². The van der Waals surface area contributed by atoms with Crippen molar-refractivity contribution < 1.29 is 53.4 Å². The highest BCUT2D eigenvalue weighted by Crippen LogP contribution is 2.18. The number of rotatable bonds is 4. The first-order valence-electron chi connectivity index (χ1n) is 15.3. The van der Waals surface area contributed by atoms with Crippen LogP contribution < -0.4 is 0 Å². The molecule has 0 unspecified atom stereocenters. The maximum atomic E-state index is 10.5. The van der Waals surface area contributed by atoms with Gasteiger partial charge in [-0.25, -0.2) is 0 Å². The summed E-state index contributed by atoms with van der Waals surface area (Å²) in [5, 5.41) is 26.0. The van der Waals surface area contributed by atoms with Crippen LogP contribution in [0.5, 0.6) is 0 Å². The Balaban J connectivity index is 0.000000488. The first-order chi connectivity index (χ1) is 19.8. The minimum Gasteiger partial charge on any atom is -0.466 e. The van der Waals surface area contributed by atoms with Crippen molar-refractivity contribution in [3.8, 4) is 0 Å². The molecule has 11 nitrogen and oxygen atoms in total. The number of carbonyl (C=O) groups is 4. The quantitative estimate of drug-likeness (QED) is 0.322. The molecule has 0 bridgehead atoms. The van der Waals surface area contributed by atoms with Crippen LogP contribution in [0.15, 0.2) is 0 Å². The summed E-state index contributed by atoms with van der Waals surface area (Å²) in [5.41, 5.74) is -0.667. The second-order valence-electron chi connectivity index (χ2n) is 10.5. The van der Waals surface area contributed by atoms with Gasteiger partial charge in [0.2, 0.25) is 0 Å². The molecule has 0 aromatic carbocycles. The van der Waals surface area contributed by atoms with Crippen molar-refractivity contribution in [3.63, 3.8) is 0 Å². The average Bonchev–Trinajstić information content (AvgIpc) is 3.57. The number of ether oxygens (including phenoxy) is 4. The van der Waals surface area contributed by atoms with Crippen molar-refractivity contribution in [2.24, 2.45) is 5.41 Å². The van der Waals surface area contributed by atoms with Crippen LogP contribution in [0.4, 0.5) is 0 Å². The lowest BCUT2D eigenvalue weighted by Crippen LogP contribution is -2.32. The third kappa shape index (κ3) is 23.1. The summed E-state index contributed by atoms with van der Waals surface area (Å²) in [4.78, 5) is 41.8. The molecule has 4 aliphatic heterocycles. The third-order valence-corrected chi connectivity index (χ3v) is 6.91. The molecule has 4 heterocycles. The zero-order chi connectivity index (χ0) is 30.6. The predicted molar refractivity (Wildman–Crippen MR) is 152 cm³/mol. The second kappa shape index (κ2) is 26.6. The lowest BCUT2D eigenvalue weighted by molar-refractivity contribution is -0.143. The molecule has 0 spiro atoms. The van der Waals surface area contributed by atoms with Crippen molar-refractivity contribution in [1.82, 2.24) is 0 Å². The van der Waals surface area contributed by atoms with E-state index in [2.05, 4.69) is 0 Å². The summed E-state index contributed by atoms with van der Waals surface area (Å²) in [6.07, 6.45) is 15.9. The Morgan fingerprint density at radius 2 is 0.707 bits per heavy atom. The van der Waals surface area contributed by atoms with E-state index in [1.54, 1.807) is 0 Å². The monoisotopic (exact) mass is 590 g/mol. The summed E-state index contributed by atoms with van der Waals surface area (Å²) in [6.45, 7) is 3.90. The van der Waals surface area contributed by atoms with Crippen LogP contribution in [0, 0.1) is 5.41 Å². The fourth-order valence-electron chi connectivity index (χ4n) is 3.71. The zero-order valence-electron chi connectivity index (χ0n) is 25.1. The number of hydrogen-bond acceptors (Lipinski definition) is 11. The van der Waals surface area contributed by atoms with E-state index in [0.29, 0.717) is 58.5 Å². The first kappa shape index (κ1) is 38.8. The number of carbonyl (C=O) groups excluding carboxylic acids is 4. The van der Waals surface area contributed by atoms with Gasteiger partial charge in [-0.2, -0.15) is 0 Å². The van der Waals surface area contributed by atoms with E-state index in [1.165, 1.54) is 0 Å². The summed E-state index contributed by atoms with van der Waals surface area (Å²) in [7, 11) is 0. The van der Waals surface area contributed by atoms with Gasteiger partial charge in [0, 0.05) is 31.1 Å². The maximum absolute atomic E-state index is 10.5. The molecule has 0 aromatic rings. The van der Waals surface area contributed by atoms with E-state index in [0.717, 1.165) is 77.0 Å². The number of aliphatic hydroxyl groups is 3. The molecule has 3 N–H and O–H groups in total. The molecule has 240 valence electrons. The van der Waals surface area contributed by atoms with E-state index in [-0.39, 0.29) is 43.7 Å². The SMILES string of the molecule is CCC(CO)(CO)CO.O=C1CCCCCO1.O=C1CCCCCO1.O=C1CCCCCO1.O=C1CCCCCO1. The summed E-state index contributed by atoms with van der Waals surface area (Å²) in [5.74, 6) is -0.102. The summed E-state index contributed by atoms with van der Waals surface area (Å²) >= 11 is 0. The molecule has 0 aromatic heterocycles. The zero-order valence-corrected chi connectivity index (χ0v) is 25.1. The van der Waals surface area contributed by atoms with Crippen LogP contribution in [0.25, 0.3) is 0 Å². The van der Waals surface area contributed by atoms with Crippen molar-refractivity contribution >= 4 is 23.9 Å². The van der Waals surface area contributed by atoms with Gasteiger partial charge < -0.3 is 34.3 Å². The average molecular weight is 591 g/mol. The highest BCUT2D eigenvalue weighted by atomic mass is 16.5. The molecule has 4 aliphatic rings. The van der Waals surface area contributed by atoms with E-state index >= 15 is 0 Å². The fourth-order valence-corrected chi connectivity index (χ4v) is 3.71. The van der Waals surface area contributed by atoms with Gasteiger partial charge in [-0.3, -0.25) is 19.2 Å². The second-order valence-corrected chi connectivity index (χ2v) is 10.5. The molecule has 41 heavy (non-hydrogen) atoms. The van der Waals surface area contributed by atoms with Crippen molar-refractivity contribution in [2.75, 3.05) is 46.2 Å². The summed E-state index contributed by atoms with van der Waals surface area (Å²) in [6, 6.07) is 0. The number of aliphatic hydroxyl groups excluding tert-OH is 3. The highest BCUT2D eigenvalue weighted by Gasteiger charge is 2.24. The van der Waals surface area contributed by atoms with Gasteiger partial charge in [-0.1, -0.05) is 6.92 Å². The van der Waals surface area contributed by atoms with Crippen molar-refractivity contribution in [3.05, 3.63) is 0 Å². The van der Waals surface area contributed by atoms with Gasteiger partial charge in [0.15, 0.2) is 0 Å². The van der Waals surface area contributed by atoms with Gasteiger partial charge in [-0.05, 0) is 83.5 Å². The molecule has 4 saturated heterocycles. The first-order valence-corrected chi connectivity index (χ1v) is 15.3. The Kier molecular flexibility index (Phi) is 25.2. The van der Waals surface area contributed by atoms with E-state index in [4.69, 9.17) is 34.3 Å². The molecule has 0 radical (unpaired) electrons. The van der Waals surface area contributed by atoms with Gasteiger partial charge in [0.1, 0.15) is 0 Å². The molecular weight excluding hydrogens is 536 g/mol. The smallest absolute Gasteiger partial charge is 0.305 e. The normalized spacial score (nSPS) is 19.6. The van der Waals surface area contributed by atoms with Crippen LogP contribution in [0.2, 0.25) is 0 Å². The minimum atomic E-state index is -0.667. The fraction of sp³-hybridized carbons (Fsp3) is 0.867. The molecule has 11 heteroatoms. The Bertz CT molecular complexity index is 538. The standard InChI is InChI=1S/C6H14O3.4C6H10O2/c1-2-6(3-7,4-8)5-9;4*7-6-4-2-1-3-5-8-6/h7-9H,2-5H2,1H3;4*1-5H2. The van der Waals surface area contributed by atoms with E-state index in [9.17, 15) is 19.2 Å². The van der Waals surface area contributed by atoms with Crippen LogP contribution in [0.1, 0.15) is 116 Å².